The Morgan fingerprint density at radius 2 is 1.72 bits per heavy atom. The van der Waals surface area contributed by atoms with Crippen LogP contribution in [0.15, 0.2) is 41.3 Å². The number of sulfonamides is 1. The van der Waals surface area contributed by atoms with Crippen LogP contribution in [0.2, 0.25) is 5.02 Å². The van der Waals surface area contributed by atoms with Crippen molar-refractivity contribution in [3.05, 3.63) is 68.2 Å². The molecule has 8 nitrogen and oxygen atoms in total. The van der Waals surface area contributed by atoms with Gasteiger partial charge in [0.2, 0.25) is 10.0 Å². The van der Waals surface area contributed by atoms with Gasteiger partial charge in [0.25, 0.3) is 11.6 Å². The van der Waals surface area contributed by atoms with Gasteiger partial charge in [0, 0.05) is 37.3 Å². The first-order valence-corrected chi connectivity index (χ1v) is 10.7. The third kappa shape index (κ3) is 4.26. The summed E-state index contributed by atoms with van der Waals surface area (Å²) in [6, 6.07) is 8.96. The number of nitro benzene ring substituents is 1. The summed E-state index contributed by atoms with van der Waals surface area (Å²) in [6.45, 7) is 4.12. The van der Waals surface area contributed by atoms with Gasteiger partial charge in [-0.3, -0.25) is 14.9 Å². The molecule has 2 aromatic carbocycles. The van der Waals surface area contributed by atoms with Gasteiger partial charge in [-0.05, 0) is 37.6 Å². The van der Waals surface area contributed by atoms with E-state index in [1.165, 1.54) is 27.4 Å². The Kier molecular flexibility index (Phi) is 5.92. The SMILES string of the molecule is Cc1ccc(S(=O)(=O)N2CCN(C(=O)c3cc(Cl)ccc3[N+](=O)[O-])CC2)c(C)c1. The number of halogens is 1. The van der Waals surface area contributed by atoms with Crippen LogP contribution in [0.25, 0.3) is 0 Å². The maximum absolute atomic E-state index is 13.0. The van der Waals surface area contributed by atoms with Crippen LogP contribution in [-0.2, 0) is 10.0 Å². The summed E-state index contributed by atoms with van der Waals surface area (Å²) in [4.78, 5) is 25.0. The predicted molar refractivity (Wildman–Crippen MR) is 109 cm³/mol. The molecule has 0 spiro atoms. The van der Waals surface area contributed by atoms with E-state index in [0.717, 1.165) is 5.56 Å². The van der Waals surface area contributed by atoms with Gasteiger partial charge >= 0.3 is 0 Å². The lowest BCUT2D eigenvalue weighted by Crippen LogP contribution is -2.50. The number of aryl methyl sites for hydroxylation is 2. The Balaban J connectivity index is 1.78. The van der Waals surface area contributed by atoms with Crippen LogP contribution in [0.5, 0.6) is 0 Å². The van der Waals surface area contributed by atoms with Crippen LogP contribution in [-0.4, -0.2) is 54.6 Å². The van der Waals surface area contributed by atoms with Gasteiger partial charge < -0.3 is 4.90 Å². The quantitative estimate of drug-likeness (QED) is 0.540. The van der Waals surface area contributed by atoms with Crippen molar-refractivity contribution >= 4 is 33.2 Å². The molecule has 1 amide bonds. The molecule has 0 N–H and O–H groups in total. The lowest BCUT2D eigenvalue weighted by Gasteiger charge is -2.34. The molecule has 0 radical (unpaired) electrons. The largest absolute Gasteiger partial charge is 0.336 e. The van der Waals surface area contributed by atoms with Gasteiger partial charge in [-0.2, -0.15) is 4.31 Å². The highest BCUT2D eigenvalue weighted by Crippen LogP contribution is 2.26. The van der Waals surface area contributed by atoms with E-state index in [9.17, 15) is 23.3 Å². The molecule has 1 aliphatic rings. The van der Waals surface area contributed by atoms with Crippen molar-refractivity contribution in [2.45, 2.75) is 18.7 Å². The number of piperazine rings is 1. The first kappa shape index (κ1) is 21.2. The fourth-order valence-electron chi connectivity index (χ4n) is 3.37. The standard InChI is InChI=1S/C19H20ClN3O5S/c1-13-3-6-18(14(2)11-13)29(27,28)22-9-7-21(8-10-22)19(24)16-12-15(20)4-5-17(16)23(25)26/h3-6,11-12H,7-10H2,1-2H3. The molecule has 154 valence electrons. The van der Waals surface area contributed by atoms with E-state index in [1.807, 2.05) is 13.0 Å². The molecule has 29 heavy (non-hydrogen) atoms. The van der Waals surface area contributed by atoms with Crippen molar-refractivity contribution in [1.29, 1.82) is 0 Å². The summed E-state index contributed by atoms with van der Waals surface area (Å²) in [5.74, 6) is -0.539. The Morgan fingerprint density at radius 3 is 2.31 bits per heavy atom. The molecular formula is C19H20ClN3O5S. The zero-order chi connectivity index (χ0) is 21.3. The predicted octanol–water partition coefficient (Wildman–Crippen LogP) is 3.01. The highest BCUT2D eigenvalue weighted by Gasteiger charge is 2.33. The number of carbonyl (C=O) groups is 1. The second-order valence-electron chi connectivity index (χ2n) is 6.88. The number of nitrogens with zero attached hydrogens (tertiary/aromatic N) is 3. The van der Waals surface area contributed by atoms with Gasteiger partial charge in [0.1, 0.15) is 5.56 Å². The molecule has 1 fully saturated rings. The van der Waals surface area contributed by atoms with Crippen LogP contribution in [0.3, 0.4) is 0 Å². The second-order valence-corrected chi connectivity index (χ2v) is 9.23. The molecule has 1 saturated heterocycles. The van der Waals surface area contributed by atoms with Crippen LogP contribution in [0.4, 0.5) is 5.69 Å². The lowest BCUT2D eigenvalue weighted by atomic mass is 10.1. The van der Waals surface area contributed by atoms with Crippen molar-refractivity contribution in [2.75, 3.05) is 26.2 Å². The first-order valence-electron chi connectivity index (χ1n) is 8.92. The molecule has 0 bridgehead atoms. The fourth-order valence-corrected chi connectivity index (χ4v) is 5.17. The number of carbonyl (C=O) groups excluding carboxylic acids is 1. The molecule has 1 aliphatic heterocycles. The topological polar surface area (TPSA) is 101 Å². The highest BCUT2D eigenvalue weighted by molar-refractivity contribution is 7.89. The molecule has 3 rings (SSSR count). The molecule has 0 unspecified atom stereocenters. The normalized spacial score (nSPS) is 15.3. The highest BCUT2D eigenvalue weighted by atomic mass is 35.5. The fraction of sp³-hybridized carbons (Fsp3) is 0.316. The van der Waals surface area contributed by atoms with Gasteiger partial charge in [0.15, 0.2) is 0 Å². The average Bonchev–Trinajstić information content (AvgIpc) is 2.67. The summed E-state index contributed by atoms with van der Waals surface area (Å²) in [5.41, 5.74) is 1.20. The average molecular weight is 438 g/mol. The number of hydrogen-bond donors (Lipinski definition) is 0. The smallest absolute Gasteiger partial charge is 0.282 e. The van der Waals surface area contributed by atoms with Crippen molar-refractivity contribution in [3.8, 4) is 0 Å². The van der Waals surface area contributed by atoms with E-state index < -0.39 is 20.9 Å². The van der Waals surface area contributed by atoms with Crippen LogP contribution in [0, 0.1) is 24.0 Å². The van der Waals surface area contributed by atoms with Gasteiger partial charge in [-0.25, -0.2) is 8.42 Å². The van der Waals surface area contributed by atoms with E-state index in [0.29, 0.717) is 5.56 Å². The third-order valence-corrected chi connectivity index (χ3v) is 7.15. The number of benzene rings is 2. The molecule has 0 saturated carbocycles. The summed E-state index contributed by atoms with van der Waals surface area (Å²) in [6.07, 6.45) is 0. The second kappa shape index (κ2) is 8.10. The minimum atomic E-state index is -3.69. The third-order valence-electron chi connectivity index (χ3n) is 4.86. The minimum absolute atomic E-state index is 0.104. The molecule has 0 aliphatic carbocycles. The Labute approximate surface area is 173 Å². The van der Waals surface area contributed by atoms with Gasteiger partial charge in [-0.15, -0.1) is 0 Å². The minimum Gasteiger partial charge on any atom is -0.336 e. The van der Waals surface area contributed by atoms with E-state index in [-0.39, 0.29) is 47.3 Å². The van der Waals surface area contributed by atoms with Crippen LogP contribution >= 0.6 is 11.6 Å². The van der Waals surface area contributed by atoms with Crippen molar-refractivity contribution in [3.63, 3.8) is 0 Å². The Bertz CT molecular complexity index is 1080. The monoisotopic (exact) mass is 437 g/mol. The molecule has 2 aromatic rings. The number of rotatable bonds is 4. The summed E-state index contributed by atoms with van der Waals surface area (Å²) in [7, 11) is -3.69. The first-order chi connectivity index (χ1) is 13.6. The number of nitro groups is 1. The number of amides is 1. The molecular weight excluding hydrogens is 418 g/mol. The van der Waals surface area contributed by atoms with Crippen LogP contribution < -0.4 is 0 Å². The van der Waals surface area contributed by atoms with Crippen LogP contribution in [0.1, 0.15) is 21.5 Å². The van der Waals surface area contributed by atoms with E-state index in [1.54, 1.807) is 19.1 Å². The maximum Gasteiger partial charge on any atom is 0.282 e. The van der Waals surface area contributed by atoms with Crippen molar-refractivity contribution in [2.24, 2.45) is 0 Å². The van der Waals surface area contributed by atoms with Crippen molar-refractivity contribution in [1.82, 2.24) is 9.21 Å². The zero-order valence-electron chi connectivity index (χ0n) is 16.0. The Hall–Kier alpha value is -2.49. The molecule has 10 heteroatoms. The molecule has 0 atom stereocenters. The summed E-state index contributed by atoms with van der Waals surface area (Å²) in [5, 5.41) is 11.4. The molecule has 1 heterocycles. The lowest BCUT2D eigenvalue weighted by molar-refractivity contribution is -0.385. The van der Waals surface area contributed by atoms with E-state index in [2.05, 4.69) is 0 Å². The number of hydrogen-bond acceptors (Lipinski definition) is 5. The summed E-state index contributed by atoms with van der Waals surface area (Å²) < 4.78 is 27.3. The summed E-state index contributed by atoms with van der Waals surface area (Å²) >= 11 is 5.90. The van der Waals surface area contributed by atoms with Gasteiger partial charge in [-0.1, -0.05) is 29.3 Å². The molecule has 0 aromatic heterocycles. The van der Waals surface area contributed by atoms with E-state index in [4.69, 9.17) is 11.6 Å². The Morgan fingerprint density at radius 1 is 1.07 bits per heavy atom. The van der Waals surface area contributed by atoms with Crippen molar-refractivity contribution < 1.29 is 18.1 Å². The maximum atomic E-state index is 13.0. The van der Waals surface area contributed by atoms with E-state index >= 15 is 0 Å². The van der Waals surface area contributed by atoms with Gasteiger partial charge in [0.05, 0.1) is 9.82 Å². The zero-order valence-corrected chi connectivity index (χ0v) is 17.5.